The van der Waals surface area contributed by atoms with Gasteiger partial charge in [0.15, 0.2) is 0 Å². The summed E-state index contributed by atoms with van der Waals surface area (Å²) in [6, 6.07) is 14.0. The maximum absolute atomic E-state index is 12.2. The Kier molecular flexibility index (Phi) is 6.54. The van der Waals surface area contributed by atoms with Gasteiger partial charge in [0, 0.05) is 6.42 Å². The molecule has 0 aliphatic heterocycles. The summed E-state index contributed by atoms with van der Waals surface area (Å²) in [6.45, 7) is 0. The molecule has 2 atom stereocenters. The molecule has 2 rings (SSSR count). The highest BCUT2D eigenvalue weighted by Gasteiger charge is 2.23. The van der Waals surface area contributed by atoms with Crippen LogP contribution in [0.1, 0.15) is 17.5 Å². The number of carbonyl (C=O) groups is 2. The largest absolute Gasteiger partial charge is 0.508 e. The number of amides is 1. The zero-order chi connectivity index (χ0) is 18.2. The monoisotopic (exact) mass is 342 g/mol. The van der Waals surface area contributed by atoms with Crippen molar-refractivity contribution in [3.05, 3.63) is 65.7 Å². The van der Waals surface area contributed by atoms with Crippen molar-refractivity contribution in [3.63, 3.8) is 0 Å². The average molecular weight is 342 g/mol. The highest BCUT2D eigenvalue weighted by molar-refractivity contribution is 5.86. The Morgan fingerprint density at radius 1 is 1.00 bits per heavy atom. The molecule has 0 fully saturated rings. The minimum Gasteiger partial charge on any atom is -0.508 e. The van der Waals surface area contributed by atoms with Gasteiger partial charge in [0.25, 0.3) is 0 Å². The molecule has 25 heavy (non-hydrogen) atoms. The smallest absolute Gasteiger partial charge is 0.326 e. The number of phenols is 1. The molecule has 2 aromatic carbocycles. The van der Waals surface area contributed by atoms with E-state index in [9.17, 15) is 19.8 Å². The van der Waals surface area contributed by atoms with Crippen LogP contribution in [0.4, 0.5) is 0 Å². The van der Waals surface area contributed by atoms with Gasteiger partial charge in [0.1, 0.15) is 11.8 Å². The first-order chi connectivity index (χ1) is 12.0. The summed E-state index contributed by atoms with van der Waals surface area (Å²) < 4.78 is 0. The van der Waals surface area contributed by atoms with E-state index in [4.69, 9.17) is 5.73 Å². The molecular formula is C19H22N2O4. The molecule has 0 saturated heterocycles. The summed E-state index contributed by atoms with van der Waals surface area (Å²) in [5, 5.41) is 21.1. The molecule has 0 bridgehead atoms. The van der Waals surface area contributed by atoms with Crippen LogP contribution in [0.5, 0.6) is 5.75 Å². The van der Waals surface area contributed by atoms with Crippen LogP contribution in [-0.2, 0) is 22.4 Å². The maximum atomic E-state index is 12.2. The van der Waals surface area contributed by atoms with E-state index >= 15 is 0 Å². The van der Waals surface area contributed by atoms with Crippen molar-refractivity contribution < 1.29 is 19.8 Å². The number of carbonyl (C=O) groups excluding carboxylic acids is 1. The number of carboxylic acid groups (broad SMARTS) is 1. The second-order valence-electron chi connectivity index (χ2n) is 5.90. The molecule has 0 heterocycles. The van der Waals surface area contributed by atoms with E-state index in [0.717, 1.165) is 5.56 Å². The van der Waals surface area contributed by atoms with Crippen molar-refractivity contribution in [1.29, 1.82) is 0 Å². The molecule has 5 N–H and O–H groups in total. The number of nitrogens with one attached hydrogen (secondary N) is 1. The maximum Gasteiger partial charge on any atom is 0.326 e. The van der Waals surface area contributed by atoms with Crippen LogP contribution in [0.2, 0.25) is 0 Å². The lowest BCUT2D eigenvalue weighted by atomic mass is 10.0. The summed E-state index contributed by atoms with van der Waals surface area (Å²) in [5.74, 6) is -1.51. The Labute approximate surface area is 146 Å². The van der Waals surface area contributed by atoms with Gasteiger partial charge >= 0.3 is 5.97 Å². The number of aromatic hydroxyl groups is 1. The number of hydrogen-bond acceptors (Lipinski definition) is 4. The van der Waals surface area contributed by atoms with E-state index in [2.05, 4.69) is 5.32 Å². The third kappa shape index (κ3) is 5.93. The van der Waals surface area contributed by atoms with Gasteiger partial charge in [-0.2, -0.15) is 0 Å². The lowest BCUT2D eigenvalue weighted by Gasteiger charge is -2.18. The van der Waals surface area contributed by atoms with Crippen molar-refractivity contribution in [3.8, 4) is 5.75 Å². The first kappa shape index (κ1) is 18.5. The van der Waals surface area contributed by atoms with Gasteiger partial charge in [-0.15, -0.1) is 0 Å². The lowest BCUT2D eigenvalue weighted by molar-refractivity contribution is -0.142. The first-order valence-electron chi connectivity index (χ1n) is 8.06. The SMILES string of the molecule is N[C@@H](CCc1ccccc1)C(=O)N[C@@H](Cc1ccc(O)cc1)C(=O)O. The number of carboxylic acids is 1. The molecule has 0 unspecified atom stereocenters. The van der Waals surface area contributed by atoms with Crippen LogP contribution < -0.4 is 11.1 Å². The Morgan fingerprint density at radius 2 is 1.64 bits per heavy atom. The van der Waals surface area contributed by atoms with E-state index in [1.807, 2.05) is 30.3 Å². The second-order valence-corrected chi connectivity index (χ2v) is 5.90. The molecule has 6 heteroatoms. The van der Waals surface area contributed by atoms with E-state index in [-0.39, 0.29) is 12.2 Å². The van der Waals surface area contributed by atoms with Crippen LogP contribution in [0.15, 0.2) is 54.6 Å². The summed E-state index contributed by atoms with van der Waals surface area (Å²) in [6.07, 6.45) is 1.19. The molecule has 0 saturated carbocycles. The van der Waals surface area contributed by atoms with Crippen LogP contribution in [0.3, 0.4) is 0 Å². The second kappa shape index (κ2) is 8.84. The number of hydrogen-bond donors (Lipinski definition) is 4. The zero-order valence-corrected chi connectivity index (χ0v) is 13.8. The van der Waals surface area contributed by atoms with Gasteiger partial charge in [-0.1, -0.05) is 42.5 Å². The minimum absolute atomic E-state index is 0.0996. The number of aryl methyl sites for hydroxylation is 1. The Morgan fingerprint density at radius 3 is 2.24 bits per heavy atom. The first-order valence-corrected chi connectivity index (χ1v) is 8.06. The molecule has 0 radical (unpaired) electrons. The summed E-state index contributed by atoms with van der Waals surface area (Å²) >= 11 is 0. The fourth-order valence-electron chi connectivity index (χ4n) is 2.44. The van der Waals surface area contributed by atoms with E-state index in [1.54, 1.807) is 12.1 Å². The fourth-order valence-corrected chi connectivity index (χ4v) is 2.44. The summed E-state index contributed by atoms with van der Waals surface area (Å²) in [5.41, 5.74) is 7.66. The van der Waals surface area contributed by atoms with E-state index < -0.39 is 24.0 Å². The number of rotatable bonds is 8. The van der Waals surface area contributed by atoms with E-state index in [1.165, 1.54) is 12.1 Å². The van der Waals surface area contributed by atoms with Gasteiger partial charge in [-0.05, 0) is 36.1 Å². The highest BCUT2D eigenvalue weighted by atomic mass is 16.4. The molecule has 0 spiro atoms. The highest BCUT2D eigenvalue weighted by Crippen LogP contribution is 2.12. The summed E-state index contributed by atoms with van der Waals surface area (Å²) in [4.78, 5) is 23.6. The van der Waals surface area contributed by atoms with E-state index in [0.29, 0.717) is 18.4 Å². The van der Waals surface area contributed by atoms with Crippen molar-refractivity contribution >= 4 is 11.9 Å². The predicted molar refractivity (Wildman–Crippen MR) is 94.1 cm³/mol. The van der Waals surface area contributed by atoms with Crippen molar-refractivity contribution in [2.24, 2.45) is 5.73 Å². The molecule has 2 aromatic rings. The quantitative estimate of drug-likeness (QED) is 0.580. The normalized spacial score (nSPS) is 13.0. The molecule has 1 amide bonds. The molecule has 6 nitrogen and oxygen atoms in total. The molecule has 132 valence electrons. The average Bonchev–Trinajstić information content (AvgIpc) is 2.61. The Balaban J connectivity index is 1.90. The van der Waals surface area contributed by atoms with Crippen molar-refractivity contribution in [1.82, 2.24) is 5.32 Å². The van der Waals surface area contributed by atoms with Gasteiger partial charge in [-0.3, -0.25) is 4.79 Å². The third-order valence-electron chi connectivity index (χ3n) is 3.91. The van der Waals surface area contributed by atoms with Gasteiger partial charge in [0.2, 0.25) is 5.91 Å². The van der Waals surface area contributed by atoms with Crippen molar-refractivity contribution in [2.75, 3.05) is 0 Å². The standard InChI is InChI=1S/C19H22N2O4/c20-16(11-8-13-4-2-1-3-5-13)18(23)21-17(19(24)25)12-14-6-9-15(22)10-7-14/h1-7,9-10,16-17,22H,8,11-12,20H2,(H,21,23)(H,24,25)/t16-,17-/m0/s1. The number of phenolic OH excluding ortho intramolecular Hbond substituents is 1. The lowest BCUT2D eigenvalue weighted by Crippen LogP contribution is -2.49. The minimum atomic E-state index is -1.13. The summed E-state index contributed by atoms with van der Waals surface area (Å²) in [7, 11) is 0. The number of nitrogens with two attached hydrogens (primary N) is 1. The third-order valence-corrected chi connectivity index (χ3v) is 3.91. The Hall–Kier alpha value is -2.86. The predicted octanol–water partition coefficient (Wildman–Crippen LogP) is 1.46. The topological polar surface area (TPSA) is 113 Å². The molecule has 0 aliphatic rings. The van der Waals surface area contributed by atoms with Crippen LogP contribution >= 0.6 is 0 Å². The number of benzene rings is 2. The molecular weight excluding hydrogens is 320 g/mol. The fraction of sp³-hybridized carbons (Fsp3) is 0.263. The van der Waals surface area contributed by atoms with Gasteiger partial charge in [0.05, 0.1) is 6.04 Å². The molecule has 0 aliphatic carbocycles. The van der Waals surface area contributed by atoms with Crippen molar-refractivity contribution in [2.45, 2.75) is 31.3 Å². The van der Waals surface area contributed by atoms with Crippen LogP contribution in [-0.4, -0.2) is 34.2 Å². The number of aliphatic carboxylic acids is 1. The van der Waals surface area contributed by atoms with Gasteiger partial charge in [-0.25, -0.2) is 4.79 Å². The van der Waals surface area contributed by atoms with Crippen LogP contribution in [0, 0.1) is 0 Å². The Bertz CT molecular complexity index is 701. The molecule has 0 aromatic heterocycles. The van der Waals surface area contributed by atoms with Gasteiger partial charge < -0.3 is 21.3 Å². The van der Waals surface area contributed by atoms with Crippen LogP contribution in [0.25, 0.3) is 0 Å². The zero-order valence-electron chi connectivity index (χ0n) is 13.8.